The van der Waals surface area contributed by atoms with Crippen molar-refractivity contribution in [2.45, 2.75) is 26.4 Å². The third-order valence-electron chi connectivity index (χ3n) is 4.37. The number of hydrogen-bond donors (Lipinski definition) is 1. The average Bonchev–Trinajstić information content (AvgIpc) is 3.32. The molecule has 4 rings (SSSR count). The number of carbonyl (C=O) groups excluding carboxylic acids is 1. The summed E-state index contributed by atoms with van der Waals surface area (Å²) in [6.07, 6.45) is 3.45. The molecule has 7 heteroatoms. The van der Waals surface area contributed by atoms with Crippen LogP contribution >= 0.6 is 11.3 Å². The first-order valence-electron chi connectivity index (χ1n) is 8.68. The van der Waals surface area contributed by atoms with E-state index in [1.165, 1.54) is 12.1 Å². The van der Waals surface area contributed by atoms with E-state index in [0.29, 0.717) is 17.9 Å². The zero-order chi connectivity index (χ0) is 19.0. The van der Waals surface area contributed by atoms with Crippen LogP contribution in [0.15, 0.2) is 54.2 Å². The van der Waals surface area contributed by atoms with Crippen molar-refractivity contribution in [2.75, 3.05) is 5.32 Å². The van der Waals surface area contributed by atoms with Crippen molar-refractivity contribution in [1.29, 1.82) is 0 Å². The van der Waals surface area contributed by atoms with Crippen LogP contribution in [0.2, 0.25) is 0 Å². The number of nitrogens with one attached hydrogen (secondary N) is 1. The lowest BCUT2D eigenvalue weighted by Gasteiger charge is -2.10. The molecule has 0 spiro atoms. The van der Waals surface area contributed by atoms with E-state index in [1.807, 2.05) is 48.2 Å². The number of nitrogens with zero attached hydrogens (tertiary/aromatic N) is 3. The molecule has 5 nitrogen and oxygen atoms in total. The molecule has 0 bridgehead atoms. The summed E-state index contributed by atoms with van der Waals surface area (Å²) in [7, 11) is 0. The fourth-order valence-electron chi connectivity index (χ4n) is 3.03. The summed E-state index contributed by atoms with van der Waals surface area (Å²) in [5.41, 5.74) is 2.96. The number of rotatable bonds is 5. The number of halogens is 1. The normalized spacial score (nSPS) is 11.4. The summed E-state index contributed by atoms with van der Waals surface area (Å²) in [5, 5.41) is 9.15. The van der Waals surface area contributed by atoms with E-state index in [4.69, 9.17) is 0 Å². The Labute approximate surface area is 160 Å². The summed E-state index contributed by atoms with van der Waals surface area (Å²) in [5.74, 6) is -0.494. The molecular formula is C20H19FN4OS. The Bertz CT molecular complexity index is 1110. The lowest BCUT2D eigenvalue weighted by atomic mass is 10.2. The molecule has 0 saturated carbocycles. The van der Waals surface area contributed by atoms with Crippen LogP contribution < -0.4 is 5.32 Å². The number of anilines is 1. The summed E-state index contributed by atoms with van der Waals surface area (Å²) >= 11 is 1.58. The Kier molecular flexibility index (Phi) is 4.53. The highest BCUT2D eigenvalue weighted by Crippen LogP contribution is 2.27. The van der Waals surface area contributed by atoms with E-state index in [-0.39, 0.29) is 17.8 Å². The first-order chi connectivity index (χ1) is 13.0. The SMILES string of the molecule is CC(C)n1cc(NC(=O)c2cc3sccc3n2Cc2cccc(F)c2)cn1. The fraction of sp³-hybridized carbons (Fsp3) is 0.200. The molecule has 0 aliphatic heterocycles. The minimum absolute atomic E-state index is 0.210. The molecule has 1 aromatic carbocycles. The van der Waals surface area contributed by atoms with Crippen LogP contribution in [0.5, 0.6) is 0 Å². The van der Waals surface area contributed by atoms with Gasteiger partial charge in [-0.05, 0) is 49.1 Å². The number of aromatic nitrogens is 3. The van der Waals surface area contributed by atoms with Crippen LogP contribution in [0.1, 0.15) is 35.9 Å². The van der Waals surface area contributed by atoms with Gasteiger partial charge in [-0.2, -0.15) is 5.10 Å². The van der Waals surface area contributed by atoms with Crippen LogP contribution in [0, 0.1) is 5.82 Å². The number of hydrogen-bond acceptors (Lipinski definition) is 3. The van der Waals surface area contributed by atoms with Gasteiger partial charge in [0.2, 0.25) is 0 Å². The quantitative estimate of drug-likeness (QED) is 0.533. The predicted molar refractivity (Wildman–Crippen MR) is 106 cm³/mol. The number of amides is 1. The van der Waals surface area contributed by atoms with E-state index < -0.39 is 0 Å². The molecule has 3 aromatic heterocycles. The zero-order valence-electron chi connectivity index (χ0n) is 15.0. The van der Waals surface area contributed by atoms with Crippen LogP contribution in [-0.2, 0) is 6.54 Å². The van der Waals surface area contributed by atoms with Crippen LogP contribution in [0.4, 0.5) is 10.1 Å². The summed E-state index contributed by atoms with van der Waals surface area (Å²) in [4.78, 5) is 12.9. The molecule has 0 aliphatic rings. The summed E-state index contributed by atoms with van der Waals surface area (Å²) in [6.45, 7) is 4.47. The van der Waals surface area contributed by atoms with Gasteiger partial charge in [-0.25, -0.2) is 4.39 Å². The van der Waals surface area contributed by atoms with E-state index in [1.54, 1.807) is 28.3 Å². The van der Waals surface area contributed by atoms with Crippen molar-refractivity contribution in [3.05, 3.63) is 71.2 Å². The molecule has 3 heterocycles. The average molecular weight is 382 g/mol. The van der Waals surface area contributed by atoms with E-state index in [0.717, 1.165) is 15.8 Å². The van der Waals surface area contributed by atoms with Gasteiger partial charge in [-0.3, -0.25) is 9.48 Å². The lowest BCUT2D eigenvalue weighted by molar-refractivity contribution is 0.101. The number of carbonyl (C=O) groups is 1. The molecule has 0 radical (unpaired) electrons. The Hall–Kier alpha value is -2.93. The van der Waals surface area contributed by atoms with E-state index in [9.17, 15) is 9.18 Å². The Morgan fingerprint density at radius 1 is 1.30 bits per heavy atom. The van der Waals surface area contributed by atoms with Gasteiger partial charge < -0.3 is 9.88 Å². The molecule has 1 N–H and O–H groups in total. The van der Waals surface area contributed by atoms with Gasteiger partial charge in [-0.15, -0.1) is 11.3 Å². The first kappa shape index (κ1) is 17.5. The third kappa shape index (κ3) is 3.50. The summed E-state index contributed by atoms with van der Waals surface area (Å²) in [6, 6.07) is 10.5. The monoisotopic (exact) mass is 382 g/mol. The highest BCUT2D eigenvalue weighted by Gasteiger charge is 2.18. The van der Waals surface area contributed by atoms with Crippen molar-refractivity contribution in [3.63, 3.8) is 0 Å². The van der Waals surface area contributed by atoms with Gasteiger partial charge in [0.05, 0.1) is 22.1 Å². The van der Waals surface area contributed by atoms with Gasteiger partial charge in [-0.1, -0.05) is 12.1 Å². The van der Waals surface area contributed by atoms with Gasteiger partial charge >= 0.3 is 0 Å². The Morgan fingerprint density at radius 3 is 2.89 bits per heavy atom. The van der Waals surface area contributed by atoms with Crippen molar-refractivity contribution in [1.82, 2.24) is 14.3 Å². The molecule has 4 aromatic rings. The van der Waals surface area contributed by atoms with Gasteiger partial charge in [0, 0.05) is 18.8 Å². The molecule has 0 fully saturated rings. The van der Waals surface area contributed by atoms with Gasteiger partial charge in [0.1, 0.15) is 11.5 Å². The van der Waals surface area contributed by atoms with E-state index in [2.05, 4.69) is 10.4 Å². The maximum Gasteiger partial charge on any atom is 0.272 e. The molecule has 138 valence electrons. The van der Waals surface area contributed by atoms with Crippen LogP contribution in [0.3, 0.4) is 0 Å². The molecule has 0 unspecified atom stereocenters. The Balaban J connectivity index is 1.66. The van der Waals surface area contributed by atoms with Gasteiger partial charge in [0.25, 0.3) is 5.91 Å². The predicted octanol–water partition coefficient (Wildman–Crippen LogP) is 4.92. The molecule has 0 aliphatic carbocycles. The second-order valence-electron chi connectivity index (χ2n) is 6.67. The number of thiophene rings is 1. The van der Waals surface area contributed by atoms with Crippen molar-refractivity contribution < 1.29 is 9.18 Å². The second-order valence-corrected chi connectivity index (χ2v) is 7.62. The zero-order valence-corrected chi connectivity index (χ0v) is 15.8. The van der Waals surface area contributed by atoms with Crippen molar-refractivity contribution >= 4 is 33.1 Å². The smallest absolute Gasteiger partial charge is 0.272 e. The Morgan fingerprint density at radius 2 is 2.15 bits per heavy atom. The molecular weight excluding hydrogens is 363 g/mol. The van der Waals surface area contributed by atoms with E-state index >= 15 is 0 Å². The van der Waals surface area contributed by atoms with Crippen molar-refractivity contribution in [2.24, 2.45) is 0 Å². The molecule has 1 amide bonds. The highest BCUT2D eigenvalue weighted by molar-refractivity contribution is 7.17. The second kappa shape index (κ2) is 7.00. The van der Waals surface area contributed by atoms with Crippen molar-refractivity contribution in [3.8, 4) is 0 Å². The molecule has 0 saturated heterocycles. The summed E-state index contributed by atoms with van der Waals surface area (Å²) < 4.78 is 18.3. The lowest BCUT2D eigenvalue weighted by Crippen LogP contribution is -2.17. The highest BCUT2D eigenvalue weighted by atomic mass is 32.1. The third-order valence-corrected chi connectivity index (χ3v) is 5.23. The standard InChI is InChI=1S/C20H19FN4OS/c1-13(2)25-12-16(10-22-25)23-20(26)18-9-19-17(6-7-27-19)24(18)11-14-4-3-5-15(21)8-14/h3-10,12-13H,11H2,1-2H3,(H,23,26). The van der Waals surface area contributed by atoms with Gasteiger partial charge in [0.15, 0.2) is 0 Å². The molecule has 0 atom stereocenters. The number of benzene rings is 1. The fourth-order valence-corrected chi connectivity index (χ4v) is 3.86. The minimum Gasteiger partial charge on any atom is -0.331 e. The van der Waals surface area contributed by atoms with Crippen LogP contribution in [0.25, 0.3) is 10.2 Å². The largest absolute Gasteiger partial charge is 0.331 e. The first-order valence-corrected chi connectivity index (χ1v) is 9.56. The maximum absolute atomic E-state index is 13.6. The minimum atomic E-state index is -0.284. The molecule has 27 heavy (non-hydrogen) atoms. The van der Waals surface area contributed by atoms with Crippen LogP contribution in [-0.4, -0.2) is 20.3 Å². The number of fused-ring (bicyclic) bond motifs is 1. The maximum atomic E-state index is 13.6. The topological polar surface area (TPSA) is 51.9 Å².